The van der Waals surface area contributed by atoms with E-state index in [4.69, 9.17) is 12.2 Å². The van der Waals surface area contributed by atoms with E-state index >= 15 is 0 Å². The van der Waals surface area contributed by atoms with Crippen molar-refractivity contribution in [2.75, 3.05) is 4.90 Å². The number of carbonyl (C=O) groups excluding carboxylic acids is 2. The predicted octanol–water partition coefficient (Wildman–Crippen LogP) is 3.96. The molecule has 0 radical (unpaired) electrons. The second-order valence-electron chi connectivity index (χ2n) is 5.42. The van der Waals surface area contributed by atoms with E-state index in [1.165, 1.54) is 16.2 Å². The van der Waals surface area contributed by atoms with Crippen LogP contribution in [-0.2, 0) is 9.59 Å². The molecule has 0 spiro atoms. The lowest BCUT2D eigenvalue weighted by atomic mass is 10.1. The summed E-state index contributed by atoms with van der Waals surface area (Å²) in [6, 6.07) is 7.58. The summed E-state index contributed by atoms with van der Waals surface area (Å²) in [7, 11) is 0. The number of carbonyl (C=O) groups is 2. The number of thiophene rings is 1. The maximum Gasteiger partial charge on any atom is 0.270 e. The van der Waals surface area contributed by atoms with Gasteiger partial charge in [-0.2, -0.15) is 0 Å². The summed E-state index contributed by atoms with van der Waals surface area (Å²) < 4.78 is 0.907. The molecule has 1 fully saturated rings. The lowest BCUT2D eigenvalue weighted by Crippen LogP contribution is -2.54. The molecule has 4 nitrogen and oxygen atoms in total. The van der Waals surface area contributed by atoms with Crippen LogP contribution in [0.25, 0.3) is 6.08 Å². The Morgan fingerprint density at radius 1 is 1.25 bits per heavy atom. The highest BCUT2D eigenvalue weighted by Crippen LogP contribution is 2.27. The van der Waals surface area contributed by atoms with Gasteiger partial charge >= 0.3 is 0 Å². The number of benzene rings is 1. The fraction of sp³-hybridized carbons (Fsp3) is 0.118. The van der Waals surface area contributed by atoms with E-state index in [1.807, 2.05) is 43.5 Å². The molecule has 2 aromatic rings. The van der Waals surface area contributed by atoms with Gasteiger partial charge in [0.1, 0.15) is 5.57 Å². The quantitative estimate of drug-likeness (QED) is 0.454. The van der Waals surface area contributed by atoms with Crippen molar-refractivity contribution in [3.05, 3.63) is 55.7 Å². The Kier molecular flexibility index (Phi) is 4.67. The maximum atomic E-state index is 12.9. The molecule has 24 heavy (non-hydrogen) atoms. The second-order valence-corrected chi connectivity index (χ2v) is 7.66. The second kappa shape index (κ2) is 6.58. The first kappa shape index (κ1) is 17.0. The minimum absolute atomic E-state index is 0.0675. The van der Waals surface area contributed by atoms with Crippen molar-refractivity contribution < 1.29 is 9.59 Å². The van der Waals surface area contributed by atoms with Crippen molar-refractivity contribution in [2.45, 2.75) is 13.8 Å². The summed E-state index contributed by atoms with van der Waals surface area (Å²) in [5.41, 5.74) is 2.75. The van der Waals surface area contributed by atoms with Crippen LogP contribution in [0.5, 0.6) is 0 Å². The van der Waals surface area contributed by atoms with E-state index in [-0.39, 0.29) is 10.7 Å². The molecular formula is C17H13BrN2O2S2. The van der Waals surface area contributed by atoms with Gasteiger partial charge in [-0.1, -0.05) is 17.7 Å². The maximum absolute atomic E-state index is 12.9. The third kappa shape index (κ3) is 3.19. The van der Waals surface area contributed by atoms with E-state index < -0.39 is 11.8 Å². The monoisotopic (exact) mass is 420 g/mol. The molecule has 3 rings (SSSR count). The third-order valence-electron chi connectivity index (χ3n) is 3.57. The van der Waals surface area contributed by atoms with Crippen LogP contribution < -0.4 is 10.2 Å². The first-order chi connectivity index (χ1) is 11.4. The number of rotatable bonds is 2. The first-order valence-corrected chi connectivity index (χ1v) is 9.17. The van der Waals surface area contributed by atoms with E-state index in [2.05, 4.69) is 21.2 Å². The molecule has 0 unspecified atom stereocenters. The van der Waals surface area contributed by atoms with E-state index in [1.54, 1.807) is 6.08 Å². The smallest absolute Gasteiger partial charge is 0.270 e. The average molecular weight is 421 g/mol. The van der Waals surface area contributed by atoms with Gasteiger partial charge in [0.2, 0.25) is 0 Å². The molecule has 1 aromatic carbocycles. The highest BCUT2D eigenvalue weighted by molar-refractivity contribution is 9.10. The Bertz CT molecular complexity index is 902. The van der Waals surface area contributed by atoms with Crippen molar-refractivity contribution in [3.8, 4) is 0 Å². The molecule has 1 aromatic heterocycles. The zero-order chi connectivity index (χ0) is 17.4. The van der Waals surface area contributed by atoms with Crippen LogP contribution in [0, 0.1) is 13.8 Å². The van der Waals surface area contributed by atoms with Crippen molar-refractivity contribution in [1.82, 2.24) is 5.32 Å². The Hall–Kier alpha value is -1.83. The topological polar surface area (TPSA) is 49.4 Å². The summed E-state index contributed by atoms with van der Waals surface area (Å²) in [6.45, 7) is 3.89. The van der Waals surface area contributed by atoms with E-state index in [9.17, 15) is 9.59 Å². The largest absolute Gasteiger partial charge is 0.298 e. The van der Waals surface area contributed by atoms with Crippen LogP contribution in [0.15, 0.2) is 39.7 Å². The zero-order valence-electron chi connectivity index (χ0n) is 12.9. The molecule has 7 heteroatoms. The summed E-state index contributed by atoms with van der Waals surface area (Å²) >= 11 is 10.0. The number of halogens is 1. The van der Waals surface area contributed by atoms with Gasteiger partial charge in [0.15, 0.2) is 5.11 Å². The van der Waals surface area contributed by atoms with Crippen LogP contribution in [0.2, 0.25) is 0 Å². The van der Waals surface area contributed by atoms with E-state index in [0.717, 1.165) is 20.5 Å². The zero-order valence-corrected chi connectivity index (χ0v) is 16.1. The third-order valence-corrected chi connectivity index (χ3v) is 5.49. The lowest BCUT2D eigenvalue weighted by molar-refractivity contribution is -0.122. The predicted molar refractivity (Wildman–Crippen MR) is 104 cm³/mol. The van der Waals surface area contributed by atoms with Crippen LogP contribution in [-0.4, -0.2) is 16.9 Å². The number of nitrogens with zero attached hydrogens (tertiary/aromatic N) is 1. The van der Waals surface area contributed by atoms with Gasteiger partial charge in [0.05, 0.1) is 5.69 Å². The van der Waals surface area contributed by atoms with Crippen molar-refractivity contribution in [3.63, 3.8) is 0 Å². The molecule has 1 N–H and O–H groups in total. The summed E-state index contributed by atoms with van der Waals surface area (Å²) in [6.07, 6.45) is 1.59. The number of nitrogens with one attached hydrogen (secondary N) is 1. The Morgan fingerprint density at radius 2 is 2.00 bits per heavy atom. The van der Waals surface area contributed by atoms with Gasteiger partial charge in [0, 0.05) is 14.7 Å². The van der Waals surface area contributed by atoms with E-state index in [0.29, 0.717) is 5.69 Å². The molecular weight excluding hydrogens is 408 g/mol. The van der Waals surface area contributed by atoms with Gasteiger partial charge in [0.25, 0.3) is 11.8 Å². The number of hydrogen-bond acceptors (Lipinski definition) is 4. The lowest BCUT2D eigenvalue weighted by Gasteiger charge is -2.30. The average Bonchev–Trinajstić information content (AvgIpc) is 2.91. The Morgan fingerprint density at radius 3 is 2.62 bits per heavy atom. The first-order valence-electron chi connectivity index (χ1n) is 7.09. The van der Waals surface area contributed by atoms with Gasteiger partial charge in [-0.05, 0) is 65.8 Å². The highest BCUT2D eigenvalue weighted by Gasteiger charge is 2.35. The fourth-order valence-corrected chi connectivity index (χ4v) is 4.13. The number of aryl methyl sites for hydroxylation is 2. The van der Waals surface area contributed by atoms with Gasteiger partial charge < -0.3 is 0 Å². The van der Waals surface area contributed by atoms with Crippen LogP contribution in [0.1, 0.15) is 16.0 Å². The van der Waals surface area contributed by atoms with Gasteiger partial charge in [-0.25, -0.2) is 0 Å². The molecule has 1 saturated heterocycles. The standard InChI is InChI=1S/C17H13BrN2O2S2/c1-9-3-4-14(10(2)5-9)20-16(22)13(15(21)19-17(20)23)7-12-6-11(18)8-24-12/h3-8H,1-2H3,(H,19,21,23)/b13-7-. The number of thiocarbonyl (C=S) groups is 1. The minimum Gasteiger partial charge on any atom is -0.298 e. The van der Waals surface area contributed by atoms with Gasteiger partial charge in [-0.15, -0.1) is 11.3 Å². The molecule has 0 saturated carbocycles. The number of hydrogen-bond donors (Lipinski definition) is 1. The van der Waals surface area contributed by atoms with Crippen LogP contribution in [0.3, 0.4) is 0 Å². The Balaban J connectivity index is 2.04. The van der Waals surface area contributed by atoms with Crippen LogP contribution >= 0.6 is 39.5 Å². The highest BCUT2D eigenvalue weighted by atomic mass is 79.9. The molecule has 0 aliphatic carbocycles. The Labute approximate surface area is 157 Å². The molecule has 1 aliphatic heterocycles. The molecule has 1 aliphatic rings. The number of amides is 2. The molecule has 0 atom stereocenters. The minimum atomic E-state index is -0.476. The summed E-state index contributed by atoms with van der Waals surface area (Å²) in [5.74, 6) is -0.893. The SMILES string of the molecule is Cc1ccc(N2C(=O)/C(=C\c3cc(Br)cs3)C(=O)NC2=S)c(C)c1. The summed E-state index contributed by atoms with van der Waals surface area (Å²) in [4.78, 5) is 27.3. The fourth-order valence-electron chi connectivity index (χ4n) is 2.48. The van der Waals surface area contributed by atoms with Crippen molar-refractivity contribution >= 4 is 68.2 Å². The normalized spacial score (nSPS) is 16.7. The molecule has 2 amide bonds. The van der Waals surface area contributed by atoms with Gasteiger partial charge in [-0.3, -0.25) is 19.8 Å². The summed E-state index contributed by atoms with van der Waals surface area (Å²) in [5, 5.41) is 4.59. The number of anilines is 1. The molecule has 122 valence electrons. The van der Waals surface area contributed by atoms with Crippen molar-refractivity contribution in [2.24, 2.45) is 0 Å². The van der Waals surface area contributed by atoms with Crippen LogP contribution in [0.4, 0.5) is 5.69 Å². The molecule has 0 bridgehead atoms. The van der Waals surface area contributed by atoms with Crippen molar-refractivity contribution in [1.29, 1.82) is 0 Å². The molecule has 2 heterocycles.